The van der Waals surface area contributed by atoms with E-state index >= 15 is 0 Å². The van der Waals surface area contributed by atoms with Crippen molar-refractivity contribution in [3.05, 3.63) is 35.5 Å². The van der Waals surface area contributed by atoms with E-state index in [2.05, 4.69) is 25.3 Å². The van der Waals surface area contributed by atoms with E-state index in [9.17, 15) is 13.2 Å². The second-order valence-corrected chi connectivity index (χ2v) is 7.57. The summed E-state index contributed by atoms with van der Waals surface area (Å²) in [6.45, 7) is 4.89. The third kappa shape index (κ3) is 5.54. The Morgan fingerprint density at radius 3 is 2.57 bits per heavy atom. The molecule has 2 aromatic rings. The van der Waals surface area contributed by atoms with E-state index in [1.165, 1.54) is 25.3 Å². The molecule has 0 bridgehead atoms. The van der Waals surface area contributed by atoms with Crippen LogP contribution in [0.4, 0.5) is 11.8 Å². The first kappa shape index (κ1) is 21.4. The molecule has 1 amide bonds. The maximum Gasteiger partial charge on any atom is 0.252 e. The molecule has 1 aromatic heterocycles. The molecule has 1 aromatic carbocycles. The lowest BCUT2D eigenvalue weighted by Gasteiger charge is -2.11. The summed E-state index contributed by atoms with van der Waals surface area (Å²) in [6.07, 6.45) is 0. The van der Waals surface area contributed by atoms with Crippen molar-refractivity contribution in [2.75, 3.05) is 37.4 Å². The quantitative estimate of drug-likeness (QED) is 0.420. The Morgan fingerprint density at radius 2 is 1.93 bits per heavy atom. The van der Waals surface area contributed by atoms with E-state index in [1.54, 1.807) is 6.07 Å². The summed E-state index contributed by atoms with van der Waals surface area (Å²) in [7, 11) is -2.45. The Morgan fingerprint density at radius 1 is 1.18 bits per heavy atom. The van der Waals surface area contributed by atoms with Crippen molar-refractivity contribution < 1.29 is 17.9 Å². The molecule has 0 aliphatic heterocycles. The van der Waals surface area contributed by atoms with Gasteiger partial charge in [0.2, 0.25) is 16.0 Å². The second kappa shape index (κ2) is 9.33. The summed E-state index contributed by atoms with van der Waals surface area (Å²) in [5, 5.41) is 6.07. The lowest BCUT2D eigenvalue weighted by atomic mass is 10.2. The molecule has 0 saturated carbocycles. The van der Waals surface area contributed by atoms with Crippen molar-refractivity contribution in [1.82, 2.24) is 14.7 Å². The van der Waals surface area contributed by atoms with Crippen LogP contribution in [0.25, 0.3) is 0 Å². The first-order valence-electron chi connectivity index (χ1n) is 8.57. The lowest BCUT2D eigenvalue weighted by molar-refractivity contribution is 0.0997. The van der Waals surface area contributed by atoms with Crippen molar-refractivity contribution >= 4 is 27.7 Å². The van der Waals surface area contributed by atoms with Gasteiger partial charge in [0.25, 0.3) is 5.91 Å². The Bertz CT molecular complexity index is 949. The third-order valence-corrected chi connectivity index (χ3v) is 5.12. The van der Waals surface area contributed by atoms with Crippen LogP contribution in [-0.4, -0.2) is 51.0 Å². The average molecular weight is 408 g/mol. The van der Waals surface area contributed by atoms with Crippen molar-refractivity contribution in [3.63, 3.8) is 0 Å². The molecule has 10 nitrogen and oxygen atoms in total. The number of hydrogen-bond acceptors (Lipinski definition) is 8. The molecule has 0 unspecified atom stereocenters. The molecule has 0 saturated heterocycles. The number of amides is 1. The van der Waals surface area contributed by atoms with Crippen LogP contribution in [0.2, 0.25) is 0 Å². The van der Waals surface area contributed by atoms with E-state index in [-0.39, 0.29) is 22.8 Å². The number of hydrogen-bond donors (Lipinski definition) is 4. The predicted octanol–water partition coefficient (Wildman–Crippen LogP) is 0.715. The molecule has 5 N–H and O–H groups in total. The lowest BCUT2D eigenvalue weighted by Crippen LogP contribution is -2.29. The number of benzene rings is 1. The molecule has 11 heteroatoms. The molecule has 0 aliphatic carbocycles. The summed E-state index contributed by atoms with van der Waals surface area (Å²) in [5.41, 5.74) is 6.05. The van der Waals surface area contributed by atoms with Gasteiger partial charge in [-0.1, -0.05) is 0 Å². The molecule has 0 atom stereocenters. The minimum absolute atomic E-state index is 0.00378. The van der Waals surface area contributed by atoms with Gasteiger partial charge in [0.1, 0.15) is 11.6 Å². The number of nitrogens with two attached hydrogens (primary N) is 1. The van der Waals surface area contributed by atoms with Crippen LogP contribution in [0.15, 0.2) is 29.2 Å². The number of methoxy groups -OCH3 is 1. The van der Waals surface area contributed by atoms with Gasteiger partial charge in [0.05, 0.1) is 17.6 Å². The zero-order valence-corrected chi connectivity index (χ0v) is 16.8. The minimum Gasteiger partial charge on any atom is -0.496 e. The van der Waals surface area contributed by atoms with Gasteiger partial charge in [-0.2, -0.15) is 4.98 Å². The zero-order chi connectivity index (χ0) is 20.7. The fourth-order valence-electron chi connectivity index (χ4n) is 2.40. The maximum absolute atomic E-state index is 12.4. The Balaban J connectivity index is 2.01. The number of nitrogens with one attached hydrogen (secondary N) is 3. The Hall–Kier alpha value is -2.92. The van der Waals surface area contributed by atoms with Crippen molar-refractivity contribution in [1.29, 1.82) is 0 Å². The molecular weight excluding hydrogens is 384 g/mol. The van der Waals surface area contributed by atoms with E-state index in [1.807, 2.05) is 13.8 Å². The van der Waals surface area contributed by atoms with Crippen LogP contribution in [0.1, 0.15) is 23.0 Å². The number of carbonyl (C=O) groups is 1. The van der Waals surface area contributed by atoms with Crippen LogP contribution in [0, 0.1) is 6.92 Å². The molecule has 152 valence electrons. The van der Waals surface area contributed by atoms with Gasteiger partial charge in [-0.25, -0.2) is 18.1 Å². The van der Waals surface area contributed by atoms with Crippen LogP contribution >= 0.6 is 0 Å². The average Bonchev–Trinajstić information content (AvgIpc) is 2.64. The fraction of sp³-hybridized carbons (Fsp3) is 0.353. The smallest absolute Gasteiger partial charge is 0.252 e. The third-order valence-electron chi connectivity index (χ3n) is 3.66. The van der Waals surface area contributed by atoms with Gasteiger partial charge in [-0.15, -0.1) is 0 Å². The SMILES string of the molecule is CCNc1nc(C)cc(NCCNS(=O)(=O)c2ccc(OC)c(C(N)=O)c2)n1. The summed E-state index contributed by atoms with van der Waals surface area (Å²) >= 11 is 0. The molecule has 2 rings (SSSR count). The van der Waals surface area contributed by atoms with E-state index in [4.69, 9.17) is 10.5 Å². The van der Waals surface area contributed by atoms with Gasteiger partial charge in [-0.05, 0) is 32.0 Å². The van der Waals surface area contributed by atoms with Crippen molar-refractivity contribution in [2.45, 2.75) is 18.7 Å². The van der Waals surface area contributed by atoms with Crippen LogP contribution in [-0.2, 0) is 10.0 Å². The number of aromatic nitrogens is 2. The van der Waals surface area contributed by atoms with Crippen LogP contribution < -0.4 is 25.8 Å². The summed E-state index contributed by atoms with van der Waals surface area (Å²) in [4.78, 5) is 19.9. The monoisotopic (exact) mass is 408 g/mol. The first-order chi connectivity index (χ1) is 13.3. The first-order valence-corrected chi connectivity index (χ1v) is 10.1. The van der Waals surface area contributed by atoms with Crippen LogP contribution in [0.3, 0.4) is 0 Å². The number of sulfonamides is 1. The number of aryl methyl sites for hydroxylation is 1. The van der Waals surface area contributed by atoms with Gasteiger partial charge in [-0.3, -0.25) is 4.79 Å². The summed E-state index contributed by atoms with van der Waals surface area (Å²) in [6, 6.07) is 5.68. The molecule has 0 spiro atoms. The number of nitrogens with zero attached hydrogens (tertiary/aromatic N) is 2. The predicted molar refractivity (Wildman–Crippen MR) is 106 cm³/mol. The molecule has 1 heterocycles. The summed E-state index contributed by atoms with van der Waals surface area (Å²) in [5.74, 6) is 0.529. The topological polar surface area (TPSA) is 148 Å². The molecule has 0 aliphatic rings. The largest absolute Gasteiger partial charge is 0.496 e. The standard InChI is InChI=1S/C17H24N6O4S/c1-4-19-17-22-11(2)9-15(23-17)20-7-8-21-28(25,26)12-5-6-14(27-3)13(10-12)16(18)24/h5-6,9-10,21H,4,7-8H2,1-3H3,(H2,18,24)(H2,19,20,22,23). The highest BCUT2D eigenvalue weighted by molar-refractivity contribution is 7.89. The normalized spacial score (nSPS) is 11.1. The highest BCUT2D eigenvalue weighted by Crippen LogP contribution is 2.21. The van der Waals surface area contributed by atoms with Crippen LogP contribution in [0.5, 0.6) is 5.75 Å². The molecule has 0 radical (unpaired) electrons. The van der Waals surface area contributed by atoms with Crippen molar-refractivity contribution in [2.24, 2.45) is 5.73 Å². The molecule has 0 fully saturated rings. The van der Waals surface area contributed by atoms with E-state index in [0.717, 1.165) is 5.69 Å². The van der Waals surface area contributed by atoms with Gasteiger partial charge in [0, 0.05) is 31.4 Å². The minimum atomic E-state index is -3.82. The number of anilines is 2. The Kier molecular flexibility index (Phi) is 7.12. The number of rotatable bonds is 10. The number of ether oxygens (including phenoxy) is 1. The number of primary amides is 1. The molecule has 28 heavy (non-hydrogen) atoms. The second-order valence-electron chi connectivity index (χ2n) is 5.80. The summed E-state index contributed by atoms with van der Waals surface area (Å²) < 4.78 is 32.4. The highest BCUT2D eigenvalue weighted by Gasteiger charge is 2.18. The van der Waals surface area contributed by atoms with E-state index in [0.29, 0.717) is 24.9 Å². The van der Waals surface area contributed by atoms with Gasteiger partial charge < -0.3 is 21.1 Å². The highest BCUT2D eigenvalue weighted by atomic mass is 32.2. The van der Waals surface area contributed by atoms with Gasteiger partial charge >= 0.3 is 0 Å². The zero-order valence-electron chi connectivity index (χ0n) is 15.9. The molecular formula is C17H24N6O4S. The Labute approximate surface area is 164 Å². The van der Waals surface area contributed by atoms with Gasteiger partial charge in [0.15, 0.2) is 0 Å². The van der Waals surface area contributed by atoms with Crippen molar-refractivity contribution in [3.8, 4) is 5.75 Å². The van der Waals surface area contributed by atoms with E-state index < -0.39 is 15.9 Å². The fourth-order valence-corrected chi connectivity index (χ4v) is 3.46. The number of carbonyl (C=O) groups excluding carboxylic acids is 1. The maximum atomic E-state index is 12.4.